The van der Waals surface area contributed by atoms with Crippen LogP contribution in [0.5, 0.6) is 0 Å². The Kier molecular flexibility index (Phi) is 4.69. The summed E-state index contributed by atoms with van der Waals surface area (Å²) in [5, 5.41) is 9.83. The Balaban J connectivity index is 3.77. The van der Waals surface area contributed by atoms with Crippen LogP contribution in [0.4, 0.5) is 0 Å². The van der Waals surface area contributed by atoms with Gasteiger partial charge in [0.1, 0.15) is 0 Å². The van der Waals surface area contributed by atoms with Crippen molar-refractivity contribution in [1.29, 1.82) is 0 Å². The van der Waals surface area contributed by atoms with Crippen molar-refractivity contribution in [2.45, 2.75) is 39.2 Å². The summed E-state index contributed by atoms with van der Waals surface area (Å²) >= 11 is 0. The minimum atomic E-state index is -0.565. The molecule has 0 aromatic rings. The van der Waals surface area contributed by atoms with E-state index in [0.29, 0.717) is 12.5 Å². The minimum absolute atomic E-state index is 0.345. The fourth-order valence-corrected chi connectivity index (χ4v) is 0.995. The van der Waals surface area contributed by atoms with E-state index in [1.165, 1.54) is 0 Å². The first-order chi connectivity index (χ1) is 5.04. The number of hydrogen-bond donors (Lipinski definition) is 1. The minimum Gasteiger partial charge on any atom is -0.390 e. The van der Waals surface area contributed by atoms with Gasteiger partial charge in [-0.15, -0.1) is 0 Å². The first kappa shape index (κ1) is 10.9. The van der Waals surface area contributed by atoms with E-state index >= 15 is 0 Å². The Morgan fingerprint density at radius 1 is 1.55 bits per heavy atom. The summed E-state index contributed by atoms with van der Waals surface area (Å²) in [6.45, 7) is 6.67. The maximum Gasteiger partial charge on any atom is 0.0667 e. The molecule has 0 aliphatic rings. The van der Waals surface area contributed by atoms with Gasteiger partial charge < -0.3 is 9.84 Å². The van der Waals surface area contributed by atoms with Gasteiger partial charge in [-0.25, -0.2) is 0 Å². The predicted molar refractivity (Wildman–Crippen MR) is 46.6 cm³/mol. The van der Waals surface area contributed by atoms with Crippen molar-refractivity contribution in [3.63, 3.8) is 0 Å². The Morgan fingerprint density at radius 3 is 2.45 bits per heavy atom. The van der Waals surface area contributed by atoms with Crippen molar-refractivity contribution in [2.75, 3.05) is 13.7 Å². The molecule has 2 nitrogen and oxygen atoms in total. The second-order valence-corrected chi connectivity index (χ2v) is 3.41. The van der Waals surface area contributed by atoms with Gasteiger partial charge in [-0.05, 0) is 19.3 Å². The third kappa shape index (κ3) is 3.73. The molecule has 0 saturated heterocycles. The summed E-state index contributed by atoms with van der Waals surface area (Å²) in [7, 11) is 1.66. The van der Waals surface area contributed by atoms with Crippen molar-refractivity contribution in [2.24, 2.45) is 5.92 Å². The van der Waals surface area contributed by atoms with Crippen LogP contribution < -0.4 is 0 Å². The van der Waals surface area contributed by atoms with E-state index in [0.717, 1.165) is 12.8 Å². The maximum atomic E-state index is 9.83. The molecule has 0 aliphatic carbocycles. The molecule has 11 heavy (non-hydrogen) atoms. The Hall–Kier alpha value is -0.0800. The molecule has 0 saturated carbocycles. The lowest BCUT2D eigenvalue weighted by Crippen LogP contribution is -2.33. The van der Waals surface area contributed by atoms with Crippen molar-refractivity contribution in [1.82, 2.24) is 0 Å². The van der Waals surface area contributed by atoms with Gasteiger partial charge in [-0.2, -0.15) is 0 Å². The van der Waals surface area contributed by atoms with E-state index < -0.39 is 5.60 Å². The molecule has 0 aliphatic heterocycles. The van der Waals surface area contributed by atoms with Crippen molar-refractivity contribution >= 4 is 0 Å². The zero-order chi connectivity index (χ0) is 8.91. The summed E-state index contributed by atoms with van der Waals surface area (Å²) in [5.74, 6) is 0.345. The Bertz CT molecular complexity index is 99.7. The molecular weight excluding hydrogens is 140 g/mol. The van der Waals surface area contributed by atoms with E-state index in [9.17, 15) is 5.11 Å². The summed E-state index contributed by atoms with van der Waals surface area (Å²) in [6.07, 6.45) is 1.73. The number of rotatable bonds is 5. The first-order valence-electron chi connectivity index (χ1n) is 4.26. The second kappa shape index (κ2) is 4.73. The average Bonchev–Trinajstić information content (AvgIpc) is 1.99. The summed E-state index contributed by atoms with van der Waals surface area (Å²) in [5.41, 5.74) is -0.565. The smallest absolute Gasteiger partial charge is 0.0667 e. The number of hydrogen-bond acceptors (Lipinski definition) is 2. The van der Waals surface area contributed by atoms with Crippen LogP contribution in [0.3, 0.4) is 0 Å². The highest BCUT2D eigenvalue weighted by molar-refractivity contribution is 4.77. The molecule has 0 heterocycles. The lowest BCUT2D eigenvalue weighted by molar-refractivity contribution is -0.0211. The normalized spacial score (nSPS) is 19.4. The van der Waals surface area contributed by atoms with Gasteiger partial charge in [0.2, 0.25) is 0 Å². The van der Waals surface area contributed by atoms with E-state index in [1.54, 1.807) is 7.11 Å². The molecule has 68 valence electrons. The van der Waals surface area contributed by atoms with Gasteiger partial charge in [0.15, 0.2) is 0 Å². The van der Waals surface area contributed by atoms with E-state index in [-0.39, 0.29) is 0 Å². The van der Waals surface area contributed by atoms with Crippen molar-refractivity contribution in [3.8, 4) is 0 Å². The van der Waals surface area contributed by atoms with Crippen LogP contribution in [0.1, 0.15) is 33.6 Å². The zero-order valence-corrected chi connectivity index (χ0v) is 8.05. The third-order valence-electron chi connectivity index (χ3n) is 2.49. The molecular formula is C9H20O2. The molecule has 0 aromatic heterocycles. The van der Waals surface area contributed by atoms with Crippen LogP contribution in [0.15, 0.2) is 0 Å². The molecule has 0 radical (unpaired) electrons. The highest BCUT2D eigenvalue weighted by Crippen LogP contribution is 2.23. The summed E-state index contributed by atoms with van der Waals surface area (Å²) in [6, 6.07) is 0. The standard InChI is InChI=1S/C9H20O2/c1-5-8(2)9(3,10)6-7-11-4/h8,10H,5-7H2,1-4H3. The Labute approximate surface area is 69.6 Å². The number of methoxy groups -OCH3 is 1. The van der Waals surface area contributed by atoms with Crippen LogP contribution in [0.2, 0.25) is 0 Å². The fraction of sp³-hybridized carbons (Fsp3) is 1.00. The summed E-state index contributed by atoms with van der Waals surface area (Å²) < 4.78 is 4.91. The van der Waals surface area contributed by atoms with E-state index in [4.69, 9.17) is 4.74 Å². The molecule has 0 rings (SSSR count). The third-order valence-corrected chi connectivity index (χ3v) is 2.49. The molecule has 0 aromatic carbocycles. The van der Waals surface area contributed by atoms with E-state index in [2.05, 4.69) is 13.8 Å². The molecule has 2 unspecified atom stereocenters. The molecule has 2 atom stereocenters. The highest BCUT2D eigenvalue weighted by atomic mass is 16.5. The predicted octanol–water partition coefficient (Wildman–Crippen LogP) is 1.82. The van der Waals surface area contributed by atoms with Gasteiger partial charge in [0.25, 0.3) is 0 Å². The van der Waals surface area contributed by atoms with Crippen molar-refractivity contribution in [3.05, 3.63) is 0 Å². The quantitative estimate of drug-likeness (QED) is 0.664. The lowest BCUT2D eigenvalue weighted by atomic mass is 9.86. The van der Waals surface area contributed by atoms with Gasteiger partial charge in [0.05, 0.1) is 5.60 Å². The van der Waals surface area contributed by atoms with Gasteiger partial charge in [-0.3, -0.25) is 0 Å². The van der Waals surface area contributed by atoms with Crippen LogP contribution >= 0.6 is 0 Å². The van der Waals surface area contributed by atoms with Gasteiger partial charge in [-0.1, -0.05) is 20.3 Å². The maximum absolute atomic E-state index is 9.83. The van der Waals surface area contributed by atoms with Crippen LogP contribution in [0.25, 0.3) is 0 Å². The molecule has 0 spiro atoms. The molecule has 0 bridgehead atoms. The molecule has 0 fully saturated rings. The molecule has 0 amide bonds. The lowest BCUT2D eigenvalue weighted by Gasteiger charge is -2.29. The largest absolute Gasteiger partial charge is 0.390 e. The van der Waals surface area contributed by atoms with Crippen molar-refractivity contribution < 1.29 is 9.84 Å². The van der Waals surface area contributed by atoms with E-state index in [1.807, 2.05) is 6.92 Å². The number of aliphatic hydroxyl groups is 1. The van der Waals surface area contributed by atoms with Crippen LogP contribution in [0, 0.1) is 5.92 Å². The highest BCUT2D eigenvalue weighted by Gasteiger charge is 2.25. The Morgan fingerprint density at radius 2 is 2.09 bits per heavy atom. The van der Waals surface area contributed by atoms with Crippen LogP contribution in [-0.2, 0) is 4.74 Å². The SMILES string of the molecule is CCC(C)C(C)(O)CCOC. The summed E-state index contributed by atoms with van der Waals surface area (Å²) in [4.78, 5) is 0. The first-order valence-corrected chi connectivity index (χ1v) is 4.26. The molecule has 2 heteroatoms. The average molecular weight is 160 g/mol. The second-order valence-electron chi connectivity index (χ2n) is 3.41. The van der Waals surface area contributed by atoms with Gasteiger partial charge >= 0.3 is 0 Å². The topological polar surface area (TPSA) is 29.5 Å². The van der Waals surface area contributed by atoms with Gasteiger partial charge in [0, 0.05) is 13.7 Å². The zero-order valence-electron chi connectivity index (χ0n) is 8.05. The number of ether oxygens (including phenoxy) is 1. The molecule has 1 N–H and O–H groups in total. The fourth-order valence-electron chi connectivity index (χ4n) is 0.995. The monoisotopic (exact) mass is 160 g/mol. The van der Waals surface area contributed by atoms with Crippen LogP contribution in [-0.4, -0.2) is 24.4 Å².